The molecule has 0 amide bonds. The second-order valence-corrected chi connectivity index (χ2v) is 8.79. The number of carbonyl (C=O) groups excluding carboxylic acids is 1. The Labute approximate surface area is 178 Å². The number of rotatable bonds is 7. The van der Waals surface area contributed by atoms with Gasteiger partial charge in [-0.05, 0) is 38.0 Å². The van der Waals surface area contributed by atoms with Gasteiger partial charge in [0.15, 0.2) is 5.03 Å². The quantitative estimate of drug-likeness (QED) is 0.472. The van der Waals surface area contributed by atoms with E-state index in [1.54, 1.807) is 13.1 Å². The van der Waals surface area contributed by atoms with E-state index >= 15 is 0 Å². The maximum atomic E-state index is 12.5. The summed E-state index contributed by atoms with van der Waals surface area (Å²) in [5.41, 5.74) is 1.80. The van der Waals surface area contributed by atoms with Gasteiger partial charge >= 0.3 is 5.97 Å². The van der Waals surface area contributed by atoms with E-state index in [0.29, 0.717) is 29.7 Å². The van der Waals surface area contributed by atoms with Gasteiger partial charge in [0.05, 0.1) is 23.9 Å². The lowest BCUT2D eigenvalue weighted by Crippen LogP contribution is -2.49. The molecule has 1 fully saturated rings. The summed E-state index contributed by atoms with van der Waals surface area (Å²) in [7, 11) is -3.83. The lowest BCUT2D eigenvalue weighted by molar-refractivity contribution is 0.0527. The number of aromatic nitrogens is 3. The third-order valence-electron chi connectivity index (χ3n) is 5.03. The molecule has 4 rings (SSSR count). The molecular weight excluding hydrogens is 420 g/mol. The van der Waals surface area contributed by atoms with Crippen molar-refractivity contribution in [2.45, 2.75) is 36.9 Å². The van der Waals surface area contributed by atoms with Gasteiger partial charge < -0.3 is 15.0 Å². The van der Waals surface area contributed by atoms with Gasteiger partial charge in [-0.2, -0.15) is 5.26 Å². The summed E-state index contributed by atoms with van der Waals surface area (Å²) in [4.78, 5) is 23.5. The molecular formula is C20H20N6O4S. The van der Waals surface area contributed by atoms with Crippen molar-refractivity contribution >= 4 is 32.7 Å². The monoisotopic (exact) mass is 440 g/mol. The van der Waals surface area contributed by atoms with Crippen molar-refractivity contribution in [1.29, 1.82) is 5.26 Å². The molecule has 0 aliphatic heterocycles. The number of ether oxygens (including phenoxy) is 1. The minimum absolute atomic E-state index is 0.0419. The SMILES string of the molecule is CCOC(=O)c1cnc2[nH]ccc2c1NC1CC(NS(=O)(=O)c2cc(C#N)ccn2)C1. The number of esters is 1. The molecule has 31 heavy (non-hydrogen) atoms. The van der Waals surface area contributed by atoms with E-state index in [0.717, 1.165) is 5.39 Å². The summed E-state index contributed by atoms with van der Waals surface area (Å²) in [6.45, 7) is 1.98. The minimum Gasteiger partial charge on any atom is -0.462 e. The summed E-state index contributed by atoms with van der Waals surface area (Å²) in [6.07, 6.45) is 5.53. The Morgan fingerprint density at radius 1 is 1.32 bits per heavy atom. The van der Waals surface area contributed by atoms with E-state index in [2.05, 4.69) is 25.0 Å². The molecule has 1 aliphatic rings. The highest BCUT2D eigenvalue weighted by Gasteiger charge is 2.34. The zero-order valence-electron chi connectivity index (χ0n) is 16.6. The molecule has 0 atom stereocenters. The van der Waals surface area contributed by atoms with Crippen LogP contribution in [0.25, 0.3) is 11.0 Å². The molecule has 0 unspecified atom stereocenters. The second-order valence-electron chi connectivity index (χ2n) is 7.13. The van der Waals surface area contributed by atoms with Crippen LogP contribution in [0.5, 0.6) is 0 Å². The van der Waals surface area contributed by atoms with Crippen LogP contribution in [0.3, 0.4) is 0 Å². The number of pyridine rings is 2. The highest BCUT2D eigenvalue weighted by molar-refractivity contribution is 7.89. The molecule has 1 aliphatic carbocycles. The van der Waals surface area contributed by atoms with Gasteiger partial charge in [-0.1, -0.05) is 0 Å². The van der Waals surface area contributed by atoms with E-state index < -0.39 is 16.0 Å². The first-order chi connectivity index (χ1) is 14.9. The molecule has 10 nitrogen and oxygen atoms in total. The standard InChI is InChI=1S/C20H20N6O4S/c1-2-30-20(27)16-11-24-19-15(4-6-23-19)18(16)25-13-8-14(9-13)26-31(28,29)17-7-12(10-21)3-5-22-17/h3-7,11,13-14,26H,2,8-9H2,1H3,(H2,23,24,25). The van der Waals surface area contributed by atoms with Crippen molar-refractivity contribution in [3.8, 4) is 6.07 Å². The number of H-pyrrole nitrogens is 1. The molecule has 0 spiro atoms. The zero-order valence-corrected chi connectivity index (χ0v) is 17.4. The highest BCUT2D eigenvalue weighted by atomic mass is 32.2. The first-order valence-corrected chi connectivity index (χ1v) is 11.2. The van der Waals surface area contributed by atoms with Crippen LogP contribution in [-0.4, -0.2) is 48.0 Å². The van der Waals surface area contributed by atoms with Gasteiger partial charge in [-0.3, -0.25) is 0 Å². The number of nitriles is 1. The van der Waals surface area contributed by atoms with Crippen LogP contribution in [0.4, 0.5) is 5.69 Å². The summed E-state index contributed by atoms with van der Waals surface area (Å²) >= 11 is 0. The number of aromatic amines is 1. The molecule has 3 N–H and O–H groups in total. The predicted octanol–water partition coefficient (Wildman–Crippen LogP) is 1.93. The number of nitrogens with one attached hydrogen (secondary N) is 3. The Morgan fingerprint density at radius 3 is 2.87 bits per heavy atom. The van der Waals surface area contributed by atoms with Crippen LogP contribution < -0.4 is 10.0 Å². The lowest BCUT2D eigenvalue weighted by atomic mass is 9.87. The van der Waals surface area contributed by atoms with Crippen LogP contribution in [0, 0.1) is 11.3 Å². The van der Waals surface area contributed by atoms with Crippen molar-refractivity contribution in [2.24, 2.45) is 0 Å². The number of hydrogen-bond acceptors (Lipinski definition) is 8. The maximum Gasteiger partial charge on any atom is 0.341 e. The summed E-state index contributed by atoms with van der Waals surface area (Å²) in [6, 6.07) is 6.08. The molecule has 11 heteroatoms. The van der Waals surface area contributed by atoms with Gasteiger partial charge in [-0.25, -0.2) is 27.9 Å². The van der Waals surface area contributed by atoms with Crippen molar-refractivity contribution in [1.82, 2.24) is 19.7 Å². The Bertz CT molecular complexity index is 1270. The van der Waals surface area contributed by atoms with Crippen LogP contribution in [0.1, 0.15) is 35.7 Å². The number of nitrogens with zero attached hydrogens (tertiary/aromatic N) is 3. The molecule has 160 valence electrons. The third kappa shape index (κ3) is 4.21. The molecule has 0 saturated heterocycles. The Kier molecular flexibility index (Phi) is 5.58. The van der Waals surface area contributed by atoms with Crippen LogP contribution in [-0.2, 0) is 14.8 Å². The smallest absolute Gasteiger partial charge is 0.341 e. The normalized spacial score (nSPS) is 18.2. The van der Waals surface area contributed by atoms with E-state index in [9.17, 15) is 13.2 Å². The lowest BCUT2D eigenvalue weighted by Gasteiger charge is -2.37. The summed E-state index contributed by atoms with van der Waals surface area (Å²) in [5.74, 6) is -0.472. The van der Waals surface area contributed by atoms with Gasteiger partial charge in [0.2, 0.25) is 0 Å². The Morgan fingerprint density at radius 2 is 2.13 bits per heavy atom. The van der Waals surface area contributed by atoms with Crippen molar-refractivity contribution in [3.05, 3.63) is 47.9 Å². The first kappa shape index (κ1) is 20.8. The van der Waals surface area contributed by atoms with E-state index in [4.69, 9.17) is 10.00 Å². The Balaban J connectivity index is 1.46. The maximum absolute atomic E-state index is 12.5. The molecule has 1 saturated carbocycles. The summed E-state index contributed by atoms with van der Waals surface area (Å²) in [5, 5.41) is 12.9. The molecule has 3 aromatic heterocycles. The molecule has 3 aromatic rings. The Hall–Kier alpha value is -3.49. The van der Waals surface area contributed by atoms with E-state index in [-0.39, 0.29) is 29.3 Å². The van der Waals surface area contributed by atoms with Crippen molar-refractivity contribution in [3.63, 3.8) is 0 Å². The van der Waals surface area contributed by atoms with E-state index in [1.807, 2.05) is 12.1 Å². The fraction of sp³-hybridized carbons (Fsp3) is 0.300. The number of anilines is 1. The molecule has 0 aromatic carbocycles. The van der Waals surface area contributed by atoms with E-state index in [1.165, 1.54) is 24.5 Å². The van der Waals surface area contributed by atoms with Gasteiger partial charge in [0.1, 0.15) is 11.2 Å². The second kappa shape index (κ2) is 8.33. The van der Waals surface area contributed by atoms with Gasteiger partial charge in [-0.15, -0.1) is 0 Å². The summed E-state index contributed by atoms with van der Waals surface area (Å²) < 4.78 is 32.8. The van der Waals surface area contributed by atoms with Gasteiger partial charge in [0, 0.05) is 36.1 Å². The number of fused-ring (bicyclic) bond motifs is 1. The average Bonchev–Trinajstić information content (AvgIpc) is 3.21. The number of sulfonamides is 1. The molecule has 3 heterocycles. The molecule has 0 radical (unpaired) electrons. The van der Waals surface area contributed by atoms with Crippen LogP contribution in [0.15, 0.2) is 41.8 Å². The first-order valence-electron chi connectivity index (χ1n) is 9.69. The largest absolute Gasteiger partial charge is 0.462 e. The average molecular weight is 440 g/mol. The molecule has 0 bridgehead atoms. The third-order valence-corrected chi connectivity index (χ3v) is 6.45. The van der Waals surface area contributed by atoms with Crippen LogP contribution in [0.2, 0.25) is 0 Å². The zero-order chi connectivity index (χ0) is 22.0. The van der Waals surface area contributed by atoms with Crippen LogP contribution >= 0.6 is 0 Å². The highest BCUT2D eigenvalue weighted by Crippen LogP contribution is 2.31. The number of hydrogen-bond donors (Lipinski definition) is 3. The van der Waals surface area contributed by atoms with Crippen molar-refractivity contribution < 1.29 is 17.9 Å². The minimum atomic E-state index is -3.83. The fourth-order valence-corrected chi connectivity index (χ4v) is 4.70. The topological polar surface area (TPSA) is 150 Å². The predicted molar refractivity (Wildman–Crippen MR) is 112 cm³/mol. The number of carbonyl (C=O) groups is 1. The van der Waals surface area contributed by atoms with Crippen molar-refractivity contribution in [2.75, 3.05) is 11.9 Å². The van der Waals surface area contributed by atoms with Gasteiger partial charge in [0.25, 0.3) is 10.0 Å². The fourth-order valence-electron chi connectivity index (χ4n) is 3.47.